The molecule has 0 aliphatic heterocycles. The molecule has 33 heavy (non-hydrogen) atoms. The summed E-state index contributed by atoms with van der Waals surface area (Å²) >= 11 is 0. The summed E-state index contributed by atoms with van der Waals surface area (Å²) in [5, 5.41) is 24.2. The quantitative estimate of drug-likeness (QED) is 0.732. The van der Waals surface area contributed by atoms with E-state index in [1.165, 1.54) is 19.3 Å². The van der Waals surface area contributed by atoms with E-state index in [1.54, 1.807) is 16.9 Å². The van der Waals surface area contributed by atoms with Crippen molar-refractivity contribution in [3.63, 3.8) is 0 Å². The van der Waals surface area contributed by atoms with Gasteiger partial charge in [-0.1, -0.05) is 6.92 Å². The molecule has 178 valence electrons. The van der Waals surface area contributed by atoms with Crippen molar-refractivity contribution in [2.24, 2.45) is 46.3 Å². The van der Waals surface area contributed by atoms with Gasteiger partial charge in [0.05, 0.1) is 18.8 Å². The lowest BCUT2D eigenvalue weighted by molar-refractivity contribution is -0.163. The second kappa shape index (κ2) is 7.39. The molecular weight excluding hydrogens is 414 g/mol. The van der Waals surface area contributed by atoms with Crippen molar-refractivity contribution in [3.8, 4) is 6.07 Å². The van der Waals surface area contributed by atoms with Crippen LogP contribution in [0.4, 0.5) is 0 Å². The van der Waals surface area contributed by atoms with E-state index in [-0.39, 0.29) is 34.7 Å². The van der Waals surface area contributed by atoms with Crippen LogP contribution in [0.3, 0.4) is 0 Å². The Bertz CT molecular complexity index is 999. The van der Waals surface area contributed by atoms with E-state index >= 15 is 0 Å². The predicted octanol–water partition coefficient (Wildman–Crippen LogP) is 3.97. The monoisotopic (exact) mass is 451 g/mol. The van der Waals surface area contributed by atoms with Gasteiger partial charge in [-0.25, -0.2) is 0 Å². The van der Waals surface area contributed by atoms with Gasteiger partial charge in [0.1, 0.15) is 6.07 Å². The van der Waals surface area contributed by atoms with Crippen molar-refractivity contribution in [1.29, 1.82) is 5.26 Å². The minimum absolute atomic E-state index is 0.0690. The van der Waals surface area contributed by atoms with E-state index in [0.717, 1.165) is 45.1 Å². The van der Waals surface area contributed by atoms with Crippen LogP contribution in [0.25, 0.3) is 0 Å². The number of Topliss-reactive ketones (excluding diaryl/α,β-unsaturated/α-hetero) is 1. The average molecular weight is 452 g/mol. The third kappa shape index (κ3) is 3.04. The molecule has 1 unspecified atom stereocenters. The minimum atomic E-state index is -0.374. The summed E-state index contributed by atoms with van der Waals surface area (Å²) in [6.45, 7) is 3.50. The van der Waals surface area contributed by atoms with Crippen LogP contribution in [0.5, 0.6) is 0 Å². The summed E-state index contributed by atoms with van der Waals surface area (Å²) in [7, 11) is 1.85. The molecule has 5 saturated carbocycles. The maximum Gasteiger partial charge on any atom is 0.162 e. The number of hydrogen-bond acceptors (Lipinski definition) is 5. The summed E-state index contributed by atoms with van der Waals surface area (Å²) in [6, 6.07) is 3.73. The summed E-state index contributed by atoms with van der Waals surface area (Å²) in [6.07, 6.45) is 11.7. The summed E-state index contributed by atoms with van der Waals surface area (Å²) in [5.74, 6) is 3.41. The fourth-order valence-corrected chi connectivity index (χ4v) is 9.75. The molecule has 6 heteroatoms. The van der Waals surface area contributed by atoms with Crippen molar-refractivity contribution < 1.29 is 14.6 Å². The highest BCUT2D eigenvalue weighted by molar-refractivity contribution is 5.82. The van der Waals surface area contributed by atoms with Gasteiger partial charge >= 0.3 is 0 Å². The Morgan fingerprint density at radius 2 is 2.00 bits per heavy atom. The molecule has 1 heterocycles. The number of rotatable bonds is 5. The third-order valence-electron chi connectivity index (χ3n) is 11.2. The number of hydrogen-bond donors (Lipinski definition) is 1. The molecule has 0 amide bonds. The topological polar surface area (TPSA) is 88.1 Å². The van der Waals surface area contributed by atoms with E-state index in [1.807, 2.05) is 13.2 Å². The lowest BCUT2D eigenvalue weighted by Crippen LogP contribution is -2.57. The molecule has 9 atom stereocenters. The summed E-state index contributed by atoms with van der Waals surface area (Å²) in [4.78, 5) is 13.4. The Balaban J connectivity index is 1.24. The van der Waals surface area contributed by atoms with E-state index in [4.69, 9.17) is 10.00 Å². The van der Waals surface area contributed by atoms with Crippen LogP contribution < -0.4 is 0 Å². The molecule has 0 aromatic carbocycles. The smallest absolute Gasteiger partial charge is 0.162 e. The van der Waals surface area contributed by atoms with Crippen molar-refractivity contribution in [1.82, 2.24) is 9.78 Å². The van der Waals surface area contributed by atoms with Crippen LogP contribution in [0.15, 0.2) is 12.3 Å². The number of fused-ring (bicyclic) bond motifs is 7. The van der Waals surface area contributed by atoms with Gasteiger partial charge in [0.2, 0.25) is 0 Å². The van der Waals surface area contributed by atoms with Crippen molar-refractivity contribution in [2.75, 3.05) is 13.7 Å². The molecule has 0 saturated heterocycles. The van der Waals surface area contributed by atoms with E-state index < -0.39 is 0 Å². The van der Waals surface area contributed by atoms with Crippen LogP contribution in [0.2, 0.25) is 0 Å². The maximum atomic E-state index is 13.4. The Morgan fingerprint density at radius 1 is 1.18 bits per heavy atom. The first-order chi connectivity index (χ1) is 15.8. The molecule has 0 bridgehead atoms. The number of ketones is 1. The Hall–Kier alpha value is -1.71. The molecule has 6 rings (SSSR count). The van der Waals surface area contributed by atoms with Gasteiger partial charge in [-0.15, -0.1) is 0 Å². The lowest BCUT2D eigenvalue weighted by atomic mass is 9.44. The Labute approximate surface area is 196 Å². The Kier molecular flexibility index (Phi) is 4.88. The van der Waals surface area contributed by atoms with Gasteiger partial charge in [0.15, 0.2) is 11.5 Å². The number of ether oxygens (including phenoxy) is 1. The number of methoxy groups -OCH3 is 1. The predicted molar refractivity (Wildman–Crippen MR) is 122 cm³/mol. The van der Waals surface area contributed by atoms with Crippen LogP contribution in [-0.2, 0) is 16.1 Å². The van der Waals surface area contributed by atoms with Gasteiger partial charge in [-0.3, -0.25) is 9.48 Å². The average Bonchev–Trinajstić information content (AvgIpc) is 3.12. The second-order valence-electron chi connectivity index (χ2n) is 12.3. The summed E-state index contributed by atoms with van der Waals surface area (Å²) in [5.41, 5.74) is 0.284. The third-order valence-corrected chi connectivity index (χ3v) is 11.2. The van der Waals surface area contributed by atoms with Crippen molar-refractivity contribution >= 4 is 5.78 Å². The zero-order valence-corrected chi connectivity index (χ0v) is 20.0. The number of carbonyl (C=O) groups excluding carboxylic acids is 1. The van der Waals surface area contributed by atoms with E-state index in [2.05, 4.69) is 12.0 Å². The SMILES string of the molecule is COC[C@]12CC[C@]3(O)CC3[C@H]1CC[C@H]1[C@@H]3CC[C@H](C(=O)Cn4ccc(C#N)n4)[C@@]3(C)CC[C@@H]12. The maximum absolute atomic E-state index is 13.4. The zero-order chi connectivity index (χ0) is 23.0. The number of nitriles is 1. The molecule has 1 N–H and O–H groups in total. The lowest BCUT2D eigenvalue weighted by Gasteiger charge is -2.61. The first-order valence-corrected chi connectivity index (χ1v) is 13.0. The molecule has 5 fully saturated rings. The van der Waals surface area contributed by atoms with Gasteiger partial charge in [0.25, 0.3) is 0 Å². The molecule has 5 aliphatic rings. The number of carbonyl (C=O) groups is 1. The highest BCUT2D eigenvalue weighted by Gasteiger charge is 2.70. The molecule has 0 radical (unpaired) electrons. The molecule has 0 spiro atoms. The highest BCUT2D eigenvalue weighted by Crippen LogP contribution is 2.72. The fraction of sp³-hybridized carbons (Fsp3) is 0.815. The second-order valence-corrected chi connectivity index (χ2v) is 12.3. The first kappa shape index (κ1) is 21.8. The zero-order valence-electron chi connectivity index (χ0n) is 20.0. The molecular formula is C27H37N3O3. The highest BCUT2D eigenvalue weighted by atomic mass is 16.5. The minimum Gasteiger partial charge on any atom is -0.390 e. The molecule has 6 nitrogen and oxygen atoms in total. The molecule has 1 aromatic heterocycles. The first-order valence-electron chi connectivity index (χ1n) is 13.0. The summed E-state index contributed by atoms with van der Waals surface area (Å²) < 4.78 is 7.54. The Morgan fingerprint density at radius 3 is 2.76 bits per heavy atom. The fourth-order valence-electron chi connectivity index (χ4n) is 9.75. The van der Waals surface area contributed by atoms with Crippen LogP contribution >= 0.6 is 0 Å². The standard InChI is InChI=1S/C27H37N3O3/c1-25-9-7-20-18(3-4-21-23-13-27(23,32)11-10-26(20,21)16-33-2)19(25)5-6-22(25)24(31)15-30-12-8-17(14-28)29-30/h8,12,18-23,32H,3-7,9-11,13,15-16H2,1-2H3/t18-,19-,20-,21+,22+,23?,25-,26-,27-/m0/s1. The normalized spacial score (nSPS) is 47.6. The largest absolute Gasteiger partial charge is 0.390 e. The number of aromatic nitrogens is 2. The van der Waals surface area contributed by atoms with Crippen molar-refractivity contribution in [3.05, 3.63) is 18.0 Å². The van der Waals surface area contributed by atoms with Crippen molar-refractivity contribution in [2.45, 2.75) is 76.9 Å². The van der Waals surface area contributed by atoms with Gasteiger partial charge < -0.3 is 9.84 Å². The van der Waals surface area contributed by atoms with Crippen LogP contribution in [0.1, 0.15) is 70.4 Å². The molecule has 1 aromatic rings. The van der Waals surface area contributed by atoms with E-state index in [0.29, 0.717) is 35.3 Å². The van der Waals surface area contributed by atoms with Crippen LogP contribution in [-0.4, -0.2) is 40.0 Å². The number of nitrogens with zero attached hydrogens (tertiary/aromatic N) is 3. The van der Waals surface area contributed by atoms with Gasteiger partial charge in [-0.2, -0.15) is 10.4 Å². The molecule has 5 aliphatic carbocycles. The van der Waals surface area contributed by atoms with Gasteiger partial charge in [-0.05, 0) is 98.9 Å². The van der Waals surface area contributed by atoms with E-state index in [9.17, 15) is 9.90 Å². The van der Waals surface area contributed by atoms with Gasteiger partial charge in [0, 0.05) is 24.6 Å². The number of aliphatic hydroxyl groups is 1. The van der Waals surface area contributed by atoms with Crippen LogP contribution in [0, 0.1) is 57.7 Å².